The fourth-order valence-corrected chi connectivity index (χ4v) is 4.29. The Labute approximate surface area is 163 Å². The number of amides is 1. The highest BCUT2D eigenvalue weighted by Crippen LogP contribution is 2.26. The van der Waals surface area contributed by atoms with Gasteiger partial charge in [0.1, 0.15) is 6.54 Å². The van der Waals surface area contributed by atoms with Gasteiger partial charge in [0, 0.05) is 5.75 Å². The summed E-state index contributed by atoms with van der Waals surface area (Å²) >= 11 is 2.92. The van der Waals surface area contributed by atoms with Crippen LogP contribution in [0.2, 0.25) is 0 Å². The highest BCUT2D eigenvalue weighted by Gasteiger charge is 2.15. The van der Waals surface area contributed by atoms with Crippen LogP contribution in [0.3, 0.4) is 0 Å². The number of rotatable bonds is 6. The summed E-state index contributed by atoms with van der Waals surface area (Å²) in [4.78, 5) is 16.9. The van der Waals surface area contributed by atoms with Gasteiger partial charge in [-0.3, -0.25) is 9.36 Å². The van der Waals surface area contributed by atoms with Gasteiger partial charge in [-0.05, 0) is 17.7 Å². The molecule has 2 aromatic heterocycles. The Bertz CT molecular complexity index is 1040. The molecule has 27 heavy (non-hydrogen) atoms. The number of thiazole rings is 1. The summed E-state index contributed by atoms with van der Waals surface area (Å²) in [5, 5.41) is 12.0. The third-order valence-corrected chi connectivity index (χ3v) is 5.79. The zero-order valence-corrected chi connectivity index (χ0v) is 15.8. The Hall–Kier alpha value is -2.91. The molecule has 2 heterocycles. The van der Waals surface area contributed by atoms with Gasteiger partial charge < -0.3 is 11.1 Å². The first-order chi connectivity index (χ1) is 13.2. The van der Waals surface area contributed by atoms with Crippen molar-refractivity contribution < 1.29 is 4.79 Å². The number of fused-ring (bicyclic) bond motifs is 1. The minimum atomic E-state index is -0.220. The zero-order chi connectivity index (χ0) is 18.6. The van der Waals surface area contributed by atoms with Crippen molar-refractivity contribution in [2.75, 3.05) is 11.1 Å². The number of hydrogen-bond acceptors (Lipinski definition) is 7. The number of carbonyl (C=O) groups is 1. The third kappa shape index (κ3) is 4.09. The van der Waals surface area contributed by atoms with E-state index in [2.05, 4.69) is 20.5 Å². The van der Waals surface area contributed by atoms with Crippen molar-refractivity contribution in [1.82, 2.24) is 19.7 Å². The number of anilines is 2. The first-order valence-electron chi connectivity index (χ1n) is 8.20. The van der Waals surface area contributed by atoms with Crippen molar-refractivity contribution in [2.24, 2.45) is 0 Å². The summed E-state index contributed by atoms with van der Waals surface area (Å²) in [6.07, 6.45) is 0. The molecule has 0 saturated heterocycles. The lowest BCUT2D eigenvalue weighted by Crippen LogP contribution is -2.20. The van der Waals surface area contributed by atoms with Crippen LogP contribution in [0.15, 0.2) is 59.8 Å². The van der Waals surface area contributed by atoms with Gasteiger partial charge >= 0.3 is 0 Å². The van der Waals surface area contributed by atoms with Gasteiger partial charge in [0.05, 0.1) is 10.2 Å². The highest BCUT2D eigenvalue weighted by molar-refractivity contribution is 7.98. The van der Waals surface area contributed by atoms with Crippen LogP contribution in [-0.4, -0.2) is 25.7 Å². The van der Waals surface area contributed by atoms with Crippen molar-refractivity contribution in [1.29, 1.82) is 0 Å². The largest absolute Gasteiger partial charge is 0.368 e. The molecule has 136 valence electrons. The second-order valence-corrected chi connectivity index (χ2v) is 7.71. The van der Waals surface area contributed by atoms with Crippen molar-refractivity contribution in [3.8, 4) is 0 Å². The number of nitrogens with one attached hydrogen (secondary N) is 1. The van der Waals surface area contributed by atoms with Crippen molar-refractivity contribution >= 4 is 50.3 Å². The number of carbonyl (C=O) groups excluding carboxylic acids is 1. The molecule has 7 nitrogen and oxygen atoms in total. The highest BCUT2D eigenvalue weighted by atomic mass is 32.2. The molecule has 1 amide bonds. The predicted octanol–water partition coefficient (Wildman–Crippen LogP) is 3.40. The van der Waals surface area contributed by atoms with Crippen LogP contribution in [0.25, 0.3) is 10.2 Å². The number of nitrogens with zero attached hydrogens (tertiary/aromatic N) is 4. The maximum Gasteiger partial charge on any atom is 0.246 e. The van der Waals surface area contributed by atoms with Gasteiger partial charge in [-0.1, -0.05) is 65.6 Å². The fraction of sp³-hybridized carbons (Fsp3) is 0.111. The van der Waals surface area contributed by atoms with Crippen LogP contribution in [0.1, 0.15) is 5.56 Å². The standard InChI is InChI=1S/C18H16N6OS2/c19-16-22-23-18(26-11-12-6-2-1-3-7-12)24(16)10-15(25)21-17-20-13-8-4-5-9-14(13)27-17/h1-9H,10-11H2,(H2,19,22)(H,20,21,25). The van der Waals surface area contributed by atoms with Gasteiger partial charge in [0.25, 0.3) is 0 Å². The maximum absolute atomic E-state index is 12.4. The maximum atomic E-state index is 12.4. The van der Waals surface area contributed by atoms with Gasteiger partial charge in [-0.15, -0.1) is 10.2 Å². The minimum absolute atomic E-state index is 0.0336. The van der Waals surface area contributed by atoms with E-state index in [9.17, 15) is 4.79 Å². The van der Waals surface area contributed by atoms with E-state index in [1.807, 2.05) is 54.6 Å². The SMILES string of the molecule is Nc1nnc(SCc2ccccc2)n1CC(=O)Nc1nc2ccccc2s1. The number of nitrogens with two attached hydrogens (primary N) is 1. The monoisotopic (exact) mass is 396 g/mol. The van der Waals surface area contributed by atoms with Crippen LogP contribution in [0.4, 0.5) is 11.1 Å². The summed E-state index contributed by atoms with van der Waals surface area (Å²) in [5.41, 5.74) is 7.92. The van der Waals surface area contributed by atoms with E-state index in [0.717, 1.165) is 21.5 Å². The molecule has 0 fully saturated rings. The fourth-order valence-electron chi connectivity index (χ4n) is 2.51. The van der Waals surface area contributed by atoms with Gasteiger partial charge in [-0.2, -0.15) is 0 Å². The topological polar surface area (TPSA) is 98.7 Å². The number of thioether (sulfide) groups is 1. The number of para-hydroxylation sites is 1. The molecular weight excluding hydrogens is 380 g/mol. The molecule has 3 N–H and O–H groups in total. The Morgan fingerprint density at radius 2 is 1.89 bits per heavy atom. The normalized spacial score (nSPS) is 11.0. The third-order valence-electron chi connectivity index (χ3n) is 3.80. The zero-order valence-electron chi connectivity index (χ0n) is 14.2. The lowest BCUT2D eigenvalue weighted by Gasteiger charge is -2.07. The molecule has 0 atom stereocenters. The molecule has 9 heteroatoms. The van der Waals surface area contributed by atoms with Crippen LogP contribution < -0.4 is 11.1 Å². The van der Waals surface area contributed by atoms with Crippen molar-refractivity contribution in [3.63, 3.8) is 0 Å². The van der Waals surface area contributed by atoms with E-state index in [4.69, 9.17) is 5.73 Å². The first-order valence-corrected chi connectivity index (χ1v) is 10.00. The quantitative estimate of drug-likeness (QED) is 0.485. The molecule has 0 aliphatic carbocycles. The van der Waals surface area contributed by atoms with E-state index >= 15 is 0 Å². The van der Waals surface area contributed by atoms with E-state index in [-0.39, 0.29) is 18.4 Å². The number of benzene rings is 2. The first kappa shape index (κ1) is 17.5. The van der Waals surface area contributed by atoms with Gasteiger partial charge in [0.2, 0.25) is 11.9 Å². The molecule has 0 saturated carbocycles. The minimum Gasteiger partial charge on any atom is -0.368 e. The number of hydrogen-bond donors (Lipinski definition) is 2. The molecule has 2 aromatic carbocycles. The van der Waals surface area contributed by atoms with Crippen LogP contribution in [-0.2, 0) is 17.1 Å². The predicted molar refractivity (Wildman–Crippen MR) is 109 cm³/mol. The Balaban J connectivity index is 1.44. The van der Waals surface area contributed by atoms with Crippen LogP contribution >= 0.6 is 23.1 Å². The van der Waals surface area contributed by atoms with Gasteiger partial charge in [0.15, 0.2) is 10.3 Å². The van der Waals surface area contributed by atoms with Crippen LogP contribution in [0, 0.1) is 0 Å². The van der Waals surface area contributed by atoms with Crippen LogP contribution in [0.5, 0.6) is 0 Å². The molecule has 0 spiro atoms. The summed E-state index contributed by atoms with van der Waals surface area (Å²) in [6, 6.07) is 17.8. The molecular formula is C18H16N6OS2. The summed E-state index contributed by atoms with van der Waals surface area (Å²) in [5.74, 6) is 0.713. The molecule has 0 radical (unpaired) electrons. The average Bonchev–Trinajstić information content (AvgIpc) is 3.24. The molecule has 4 aromatic rings. The van der Waals surface area contributed by atoms with E-state index in [1.54, 1.807) is 4.57 Å². The Morgan fingerprint density at radius 3 is 2.70 bits per heavy atom. The lowest BCUT2D eigenvalue weighted by molar-refractivity contribution is -0.116. The van der Waals surface area contributed by atoms with Gasteiger partial charge in [-0.25, -0.2) is 4.98 Å². The summed E-state index contributed by atoms with van der Waals surface area (Å²) < 4.78 is 2.63. The van der Waals surface area contributed by atoms with E-state index in [0.29, 0.717) is 10.3 Å². The van der Waals surface area contributed by atoms with E-state index in [1.165, 1.54) is 23.1 Å². The Kier molecular flexibility index (Phi) is 5.03. The van der Waals surface area contributed by atoms with Crippen molar-refractivity contribution in [3.05, 3.63) is 60.2 Å². The van der Waals surface area contributed by atoms with E-state index < -0.39 is 0 Å². The molecule has 4 rings (SSSR count). The average molecular weight is 397 g/mol. The Morgan fingerprint density at radius 1 is 1.11 bits per heavy atom. The molecule has 0 aliphatic heterocycles. The molecule has 0 aliphatic rings. The summed E-state index contributed by atoms with van der Waals surface area (Å²) in [7, 11) is 0. The molecule has 0 unspecified atom stereocenters. The molecule has 0 bridgehead atoms. The number of nitrogen functional groups attached to an aromatic ring is 1. The summed E-state index contributed by atoms with van der Waals surface area (Å²) in [6.45, 7) is 0.0336. The lowest BCUT2D eigenvalue weighted by atomic mass is 10.2. The smallest absolute Gasteiger partial charge is 0.246 e. The second-order valence-electron chi connectivity index (χ2n) is 5.74. The second kappa shape index (κ2) is 7.77. The number of aromatic nitrogens is 4. The van der Waals surface area contributed by atoms with Crippen molar-refractivity contribution in [2.45, 2.75) is 17.5 Å².